The maximum absolute atomic E-state index is 11.6. The Labute approximate surface area is 94.8 Å². The number of carboxylic acids is 1. The Balaban J connectivity index is 4.43. The monoisotopic (exact) mass is 232 g/mol. The van der Waals surface area contributed by atoms with Crippen molar-refractivity contribution in [2.24, 2.45) is 11.7 Å². The summed E-state index contributed by atoms with van der Waals surface area (Å²) in [6.07, 6.45) is 0.261. The molecule has 5 N–H and O–H groups in total. The van der Waals surface area contributed by atoms with Crippen molar-refractivity contribution in [1.29, 1.82) is 0 Å². The molecule has 16 heavy (non-hydrogen) atoms. The molecule has 0 aliphatic rings. The second-order valence-electron chi connectivity index (χ2n) is 3.79. The average Bonchev–Trinajstić information content (AvgIpc) is 2.21. The zero-order chi connectivity index (χ0) is 12.7. The quantitative estimate of drug-likeness (QED) is 0.464. The number of aliphatic hydroxyl groups is 1. The van der Waals surface area contributed by atoms with Crippen molar-refractivity contribution >= 4 is 11.9 Å². The normalized spacial score (nSPS) is 16.2. The molecule has 0 saturated heterocycles. The van der Waals surface area contributed by atoms with E-state index in [0.29, 0.717) is 6.42 Å². The van der Waals surface area contributed by atoms with E-state index in [1.165, 1.54) is 6.92 Å². The van der Waals surface area contributed by atoms with Crippen molar-refractivity contribution < 1.29 is 19.8 Å². The number of rotatable bonds is 7. The first kappa shape index (κ1) is 14.9. The summed E-state index contributed by atoms with van der Waals surface area (Å²) in [7, 11) is 0. The first-order valence-corrected chi connectivity index (χ1v) is 5.35. The minimum Gasteiger partial charge on any atom is -0.480 e. The number of hydrogen-bond donors (Lipinski definition) is 4. The fraction of sp³-hybridized carbons (Fsp3) is 0.800. The number of aliphatic hydroxyl groups excluding tert-OH is 1. The van der Waals surface area contributed by atoms with Gasteiger partial charge in [0.25, 0.3) is 0 Å². The molecule has 0 saturated carbocycles. The molecule has 0 radical (unpaired) electrons. The Hall–Kier alpha value is -1.14. The van der Waals surface area contributed by atoms with Crippen LogP contribution in [-0.2, 0) is 9.59 Å². The SMILES string of the molecule is CCCC(CN)C(=O)N[C@H](C(=O)O)[C@@H](C)O. The third-order valence-corrected chi connectivity index (χ3v) is 2.34. The number of nitrogens with two attached hydrogens (primary N) is 1. The fourth-order valence-corrected chi connectivity index (χ4v) is 1.36. The Kier molecular flexibility index (Phi) is 6.67. The maximum Gasteiger partial charge on any atom is 0.328 e. The lowest BCUT2D eigenvalue weighted by Gasteiger charge is -2.20. The lowest BCUT2D eigenvalue weighted by Crippen LogP contribution is -2.50. The molecule has 0 aliphatic carbocycles. The van der Waals surface area contributed by atoms with Gasteiger partial charge in [-0.3, -0.25) is 4.79 Å². The predicted molar refractivity (Wildman–Crippen MR) is 58.7 cm³/mol. The topological polar surface area (TPSA) is 113 Å². The van der Waals surface area contributed by atoms with E-state index in [4.69, 9.17) is 10.8 Å². The number of amides is 1. The Morgan fingerprint density at radius 2 is 2.00 bits per heavy atom. The summed E-state index contributed by atoms with van der Waals surface area (Å²) in [5.41, 5.74) is 5.42. The third-order valence-electron chi connectivity index (χ3n) is 2.34. The Bertz CT molecular complexity index is 243. The number of aliphatic carboxylic acids is 1. The molecule has 6 nitrogen and oxygen atoms in total. The van der Waals surface area contributed by atoms with Crippen LogP contribution in [0.2, 0.25) is 0 Å². The van der Waals surface area contributed by atoms with Crippen molar-refractivity contribution in [2.45, 2.75) is 38.8 Å². The summed E-state index contributed by atoms with van der Waals surface area (Å²) in [6.45, 7) is 3.40. The number of carboxylic acid groups (broad SMARTS) is 1. The molecule has 94 valence electrons. The van der Waals surface area contributed by atoms with Gasteiger partial charge in [-0.05, 0) is 13.3 Å². The van der Waals surface area contributed by atoms with E-state index in [0.717, 1.165) is 6.42 Å². The molecule has 0 aliphatic heterocycles. The largest absolute Gasteiger partial charge is 0.480 e. The van der Waals surface area contributed by atoms with Crippen LogP contribution in [0.3, 0.4) is 0 Å². The Morgan fingerprint density at radius 3 is 2.31 bits per heavy atom. The van der Waals surface area contributed by atoms with Crippen LogP contribution in [0.5, 0.6) is 0 Å². The molecule has 1 unspecified atom stereocenters. The van der Waals surface area contributed by atoms with Crippen LogP contribution in [0.25, 0.3) is 0 Å². The van der Waals surface area contributed by atoms with Crippen LogP contribution in [0.15, 0.2) is 0 Å². The van der Waals surface area contributed by atoms with Crippen LogP contribution >= 0.6 is 0 Å². The molecule has 0 aromatic rings. The molecule has 0 bridgehead atoms. The number of carbonyl (C=O) groups excluding carboxylic acids is 1. The zero-order valence-corrected chi connectivity index (χ0v) is 9.64. The van der Waals surface area contributed by atoms with E-state index >= 15 is 0 Å². The van der Waals surface area contributed by atoms with Crippen LogP contribution in [-0.4, -0.2) is 40.8 Å². The highest BCUT2D eigenvalue weighted by molar-refractivity contribution is 5.85. The summed E-state index contributed by atoms with van der Waals surface area (Å²) in [4.78, 5) is 22.4. The van der Waals surface area contributed by atoms with E-state index in [1.807, 2.05) is 6.92 Å². The van der Waals surface area contributed by atoms with Crippen molar-refractivity contribution in [3.05, 3.63) is 0 Å². The number of hydrogen-bond acceptors (Lipinski definition) is 4. The number of carbonyl (C=O) groups is 2. The van der Waals surface area contributed by atoms with Gasteiger partial charge in [0.15, 0.2) is 6.04 Å². The van der Waals surface area contributed by atoms with Crippen molar-refractivity contribution in [3.8, 4) is 0 Å². The fourth-order valence-electron chi connectivity index (χ4n) is 1.36. The molecular formula is C10H20N2O4. The molecule has 3 atom stereocenters. The van der Waals surface area contributed by atoms with E-state index in [-0.39, 0.29) is 6.54 Å². The van der Waals surface area contributed by atoms with Gasteiger partial charge in [0.2, 0.25) is 5.91 Å². The number of nitrogens with one attached hydrogen (secondary N) is 1. The van der Waals surface area contributed by atoms with E-state index in [1.54, 1.807) is 0 Å². The second-order valence-corrected chi connectivity index (χ2v) is 3.79. The van der Waals surface area contributed by atoms with Crippen LogP contribution in [0.1, 0.15) is 26.7 Å². The van der Waals surface area contributed by atoms with E-state index < -0.39 is 29.9 Å². The van der Waals surface area contributed by atoms with Gasteiger partial charge in [-0.15, -0.1) is 0 Å². The minimum atomic E-state index is -1.28. The van der Waals surface area contributed by atoms with Crippen molar-refractivity contribution in [1.82, 2.24) is 5.32 Å². The van der Waals surface area contributed by atoms with Gasteiger partial charge in [0.05, 0.1) is 12.0 Å². The molecule has 0 rings (SSSR count). The molecular weight excluding hydrogens is 212 g/mol. The molecule has 0 aromatic carbocycles. The van der Waals surface area contributed by atoms with Gasteiger partial charge >= 0.3 is 5.97 Å². The summed E-state index contributed by atoms with van der Waals surface area (Å²) < 4.78 is 0. The van der Waals surface area contributed by atoms with Crippen molar-refractivity contribution in [2.75, 3.05) is 6.54 Å². The van der Waals surface area contributed by atoms with Crippen molar-refractivity contribution in [3.63, 3.8) is 0 Å². The summed E-state index contributed by atoms with van der Waals surface area (Å²) in [6, 6.07) is -1.28. The molecule has 0 spiro atoms. The van der Waals surface area contributed by atoms with E-state index in [9.17, 15) is 14.7 Å². The molecule has 0 fully saturated rings. The van der Waals surface area contributed by atoms with Gasteiger partial charge in [0.1, 0.15) is 0 Å². The highest BCUT2D eigenvalue weighted by atomic mass is 16.4. The van der Waals surface area contributed by atoms with Crippen LogP contribution < -0.4 is 11.1 Å². The highest BCUT2D eigenvalue weighted by Gasteiger charge is 2.27. The standard InChI is InChI=1S/C10H20N2O4/c1-3-4-7(5-11)9(14)12-8(6(2)13)10(15)16/h6-8,13H,3-5,11H2,1-2H3,(H,12,14)(H,15,16)/t6-,7?,8+/m1/s1. The first-order chi connectivity index (χ1) is 7.43. The molecule has 6 heteroatoms. The lowest BCUT2D eigenvalue weighted by molar-refractivity contribution is -0.145. The van der Waals surface area contributed by atoms with Gasteiger partial charge < -0.3 is 21.3 Å². The second kappa shape index (κ2) is 7.19. The average molecular weight is 232 g/mol. The van der Waals surface area contributed by atoms with Gasteiger partial charge in [-0.1, -0.05) is 13.3 Å². The van der Waals surface area contributed by atoms with E-state index in [2.05, 4.69) is 5.32 Å². The van der Waals surface area contributed by atoms with Gasteiger partial charge in [-0.25, -0.2) is 4.79 Å². The highest BCUT2D eigenvalue weighted by Crippen LogP contribution is 2.05. The summed E-state index contributed by atoms with van der Waals surface area (Å²) in [5, 5.41) is 20.2. The van der Waals surface area contributed by atoms with Crippen LogP contribution in [0.4, 0.5) is 0 Å². The van der Waals surface area contributed by atoms with Gasteiger partial charge in [0, 0.05) is 6.54 Å². The first-order valence-electron chi connectivity index (χ1n) is 5.35. The van der Waals surface area contributed by atoms with Gasteiger partial charge in [-0.2, -0.15) is 0 Å². The minimum absolute atomic E-state index is 0.172. The smallest absolute Gasteiger partial charge is 0.328 e. The van der Waals surface area contributed by atoms with Crippen LogP contribution in [0, 0.1) is 5.92 Å². The third kappa shape index (κ3) is 4.59. The molecule has 0 aromatic heterocycles. The lowest BCUT2D eigenvalue weighted by atomic mass is 10.0. The summed E-state index contributed by atoms with van der Waals surface area (Å²) >= 11 is 0. The molecule has 0 heterocycles. The Morgan fingerprint density at radius 1 is 1.44 bits per heavy atom. The summed E-state index contributed by atoms with van der Waals surface area (Å²) in [5.74, 6) is -2.07. The zero-order valence-electron chi connectivity index (χ0n) is 9.64. The predicted octanol–water partition coefficient (Wildman–Crippen LogP) is -0.688. The molecule has 1 amide bonds. The maximum atomic E-state index is 11.6.